The Balaban J connectivity index is 1.79. The molecule has 3 aliphatic rings. The zero-order chi connectivity index (χ0) is 13.8. The Morgan fingerprint density at radius 2 is 2.21 bits per heavy atom. The van der Waals surface area contributed by atoms with Gasteiger partial charge in [0.05, 0.1) is 11.9 Å². The lowest BCUT2D eigenvalue weighted by Crippen LogP contribution is -2.58. The molecule has 4 rings (SSSR count). The van der Waals surface area contributed by atoms with Crippen LogP contribution in [0.4, 0.5) is 5.69 Å². The van der Waals surface area contributed by atoms with Crippen molar-refractivity contribution in [3.63, 3.8) is 0 Å². The predicted octanol–water partition coefficient (Wildman–Crippen LogP) is 3.02. The van der Waals surface area contributed by atoms with E-state index in [2.05, 4.69) is 52.2 Å². The zero-order valence-corrected chi connectivity index (χ0v) is 13.1. The second-order valence-electron chi connectivity index (χ2n) is 6.63. The molecule has 0 aliphatic heterocycles. The number of halogens is 1. The maximum Gasteiger partial charge on any atom is 0.280 e. The van der Waals surface area contributed by atoms with Crippen LogP contribution in [0.3, 0.4) is 0 Å². The highest BCUT2D eigenvalue weighted by molar-refractivity contribution is 9.10. The molecular formula is C14H20BrN3O. The molecule has 3 aliphatic carbocycles. The highest BCUT2D eigenvalue weighted by Gasteiger charge is 2.56. The fourth-order valence-electron chi connectivity index (χ4n) is 4.02. The lowest BCUT2D eigenvalue weighted by Gasteiger charge is -2.62. The smallest absolute Gasteiger partial charge is 0.280 e. The van der Waals surface area contributed by atoms with Gasteiger partial charge in [-0.2, -0.15) is 5.10 Å². The van der Waals surface area contributed by atoms with E-state index in [4.69, 9.17) is 0 Å². The van der Waals surface area contributed by atoms with Crippen molar-refractivity contribution in [2.24, 2.45) is 23.2 Å². The lowest BCUT2D eigenvalue weighted by molar-refractivity contribution is -0.105. The summed E-state index contributed by atoms with van der Waals surface area (Å²) < 4.78 is 0.549. The summed E-state index contributed by atoms with van der Waals surface area (Å²) in [7, 11) is 0. The van der Waals surface area contributed by atoms with Gasteiger partial charge in [0.15, 0.2) is 0 Å². The number of nitrogens with zero attached hydrogens (tertiary/aromatic N) is 1. The normalized spacial score (nSPS) is 35.6. The van der Waals surface area contributed by atoms with Crippen LogP contribution in [0.25, 0.3) is 0 Å². The lowest BCUT2D eigenvalue weighted by atomic mass is 9.45. The molecule has 0 amide bonds. The molecule has 19 heavy (non-hydrogen) atoms. The number of hydrogen-bond donors (Lipinski definition) is 2. The van der Waals surface area contributed by atoms with Crippen molar-refractivity contribution in [3.05, 3.63) is 21.0 Å². The molecule has 2 N–H and O–H groups in total. The topological polar surface area (TPSA) is 57.8 Å². The summed E-state index contributed by atoms with van der Waals surface area (Å²) >= 11 is 3.33. The quantitative estimate of drug-likeness (QED) is 0.878. The Bertz CT molecular complexity index is 554. The van der Waals surface area contributed by atoms with Crippen molar-refractivity contribution in [3.8, 4) is 0 Å². The Morgan fingerprint density at radius 1 is 1.47 bits per heavy atom. The van der Waals surface area contributed by atoms with Gasteiger partial charge in [0, 0.05) is 6.04 Å². The van der Waals surface area contributed by atoms with Crippen LogP contribution in [0, 0.1) is 23.2 Å². The third kappa shape index (κ3) is 1.93. The molecule has 0 aromatic carbocycles. The molecular weight excluding hydrogens is 306 g/mol. The van der Waals surface area contributed by atoms with Gasteiger partial charge < -0.3 is 5.32 Å². The number of aromatic nitrogens is 2. The van der Waals surface area contributed by atoms with E-state index in [0.29, 0.717) is 21.8 Å². The molecule has 4 nitrogen and oxygen atoms in total. The Morgan fingerprint density at radius 3 is 2.84 bits per heavy atom. The number of H-pyrrole nitrogens is 1. The number of hydrogen-bond acceptors (Lipinski definition) is 3. The van der Waals surface area contributed by atoms with Gasteiger partial charge in [-0.05, 0) is 51.9 Å². The minimum absolute atomic E-state index is 0.182. The molecule has 2 bridgehead atoms. The largest absolute Gasteiger partial charge is 0.380 e. The van der Waals surface area contributed by atoms with Gasteiger partial charge in [-0.1, -0.05) is 20.8 Å². The average Bonchev–Trinajstić information content (AvgIpc) is 2.36. The van der Waals surface area contributed by atoms with Crippen molar-refractivity contribution in [1.82, 2.24) is 10.2 Å². The van der Waals surface area contributed by atoms with Gasteiger partial charge in [0.1, 0.15) is 4.47 Å². The molecule has 3 saturated carbocycles. The minimum Gasteiger partial charge on any atom is -0.380 e. The molecule has 1 aromatic rings. The summed E-state index contributed by atoms with van der Waals surface area (Å²) in [5, 5.41) is 9.80. The molecule has 3 fully saturated rings. The molecule has 0 radical (unpaired) electrons. The number of fused-ring (bicyclic) bond motifs is 2. The fraction of sp³-hybridized carbons (Fsp3) is 0.714. The first-order chi connectivity index (χ1) is 8.91. The van der Waals surface area contributed by atoms with Gasteiger partial charge >= 0.3 is 0 Å². The highest BCUT2D eigenvalue weighted by Crippen LogP contribution is 2.61. The standard InChI is InChI=1S/C14H20BrN3O/c1-7-9-4-8(14(9,2)3)5-10(7)17-11-6-16-18-13(19)12(11)15/h6-10H,4-5H2,1-3H3,(H2,17,18,19)/t7-,8+,9+,10+/m0/s1. The molecule has 0 unspecified atom stereocenters. The van der Waals surface area contributed by atoms with Crippen LogP contribution >= 0.6 is 15.9 Å². The Labute approximate surface area is 121 Å². The Kier molecular flexibility index (Phi) is 3.00. The van der Waals surface area contributed by atoms with E-state index in [0.717, 1.165) is 17.5 Å². The van der Waals surface area contributed by atoms with Crippen LogP contribution in [-0.2, 0) is 0 Å². The Hall–Kier alpha value is -0.840. The zero-order valence-electron chi connectivity index (χ0n) is 11.5. The molecule has 104 valence electrons. The van der Waals surface area contributed by atoms with E-state index in [1.807, 2.05) is 0 Å². The second kappa shape index (κ2) is 4.33. The molecule has 1 aromatic heterocycles. The summed E-state index contributed by atoms with van der Waals surface area (Å²) in [5.74, 6) is 2.23. The number of rotatable bonds is 2. The van der Waals surface area contributed by atoms with Gasteiger partial charge in [-0.15, -0.1) is 0 Å². The molecule has 5 heteroatoms. The maximum atomic E-state index is 11.5. The van der Waals surface area contributed by atoms with Gasteiger partial charge in [-0.25, -0.2) is 5.10 Å². The molecule has 0 saturated heterocycles. The first-order valence-electron chi connectivity index (χ1n) is 6.91. The van der Waals surface area contributed by atoms with Gasteiger partial charge in [-0.3, -0.25) is 4.79 Å². The van der Waals surface area contributed by atoms with Crippen molar-refractivity contribution < 1.29 is 0 Å². The number of aromatic amines is 1. The van der Waals surface area contributed by atoms with E-state index in [-0.39, 0.29) is 5.56 Å². The van der Waals surface area contributed by atoms with E-state index >= 15 is 0 Å². The van der Waals surface area contributed by atoms with Gasteiger partial charge in [0.2, 0.25) is 0 Å². The van der Waals surface area contributed by atoms with E-state index in [1.165, 1.54) is 12.8 Å². The monoisotopic (exact) mass is 325 g/mol. The predicted molar refractivity (Wildman–Crippen MR) is 79.1 cm³/mol. The van der Waals surface area contributed by atoms with Crippen LogP contribution in [0.15, 0.2) is 15.5 Å². The van der Waals surface area contributed by atoms with Crippen LogP contribution in [-0.4, -0.2) is 16.2 Å². The maximum absolute atomic E-state index is 11.5. The summed E-state index contributed by atoms with van der Waals surface area (Å²) in [6, 6.07) is 0.441. The number of anilines is 1. The van der Waals surface area contributed by atoms with E-state index in [9.17, 15) is 4.79 Å². The third-order valence-corrected chi connectivity index (χ3v) is 6.28. The highest BCUT2D eigenvalue weighted by atomic mass is 79.9. The van der Waals surface area contributed by atoms with Crippen molar-refractivity contribution in [2.45, 2.75) is 39.7 Å². The van der Waals surface area contributed by atoms with E-state index in [1.54, 1.807) is 6.20 Å². The van der Waals surface area contributed by atoms with Crippen LogP contribution in [0.2, 0.25) is 0 Å². The molecule has 4 atom stereocenters. The second-order valence-corrected chi connectivity index (χ2v) is 7.43. The molecule has 1 heterocycles. The summed E-state index contributed by atoms with van der Waals surface area (Å²) in [4.78, 5) is 11.5. The summed E-state index contributed by atoms with van der Waals surface area (Å²) in [6.45, 7) is 7.11. The first kappa shape index (κ1) is 13.2. The van der Waals surface area contributed by atoms with Crippen molar-refractivity contribution >= 4 is 21.6 Å². The van der Waals surface area contributed by atoms with Gasteiger partial charge in [0.25, 0.3) is 5.56 Å². The SMILES string of the molecule is C[C@H]1[C@H]2C[C@H](C[C@H]1Nc1cn[nH]c(=O)c1Br)C2(C)C. The first-order valence-corrected chi connectivity index (χ1v) is 7.70. The van der Waals surface area contributed by atoms with Crippen LogP contribution < -0.4 is 10.9 Å². The number of nitrogens with one attached hydrogen (secondary N) is 2. The van der Waals surface area contributed by atoms with Crippen LogP contribution in [0.5, 0.6) is 0 Å². The van der Waals surface area contributed by atoms with Crippen LogP contribution in [0.1, 0.15) is 33.6 Å². The molecule has 0 spiro atoms. The minimum atomic E-state index is -0.182. The fourth-order valence-corrected chi connectivity index (χ4v) is 4.33. The third-order valence-electron chi connectivity index (χ3n) is 5.49. The van der Waals surface area contributed by atoms with E-state index < -0.39 is 0 Å². The average molecular weight is 326 g/mol. The summed E-state index contributed by atoms with van der Waals surface area (Å²) in [5.41, 5.74) is 1.11. The summed E-state index contributed by atoms with van der Waals surface area (Å²) in [6.07, 6.45) is 4.23. The van der Waals surface area contributed by atoms with Crippen molar-refractivity contribution in [1.29, 1.82) is 0 Å². The van der Waals surface area contributed by atoms with Crippen molar-refractivity contribution in [2.75, 3.05) is 5.32 Å².